The molecule has 0 spiro atoms. The number of aliphatic imine (C=N–C) groups is 2. The van der Waals surface area contributed by atoms with Crippen LogP contribution in [0.1, 0.15) is 25.0 Å². The van der Waals surface area contributed by atoms with Gasteiger partial charge in [0.1, 0.15) is 21.5 Å². The van der Waals surface area contributed by atoms with Gasteiger partial charge in [-0.2, -0.15) is 0 Å². The normalized spacial score (nSPS) is 23.9. The molecule has 1 aliphatic carbocycles. The molecule has 7 rings (SSSR count). The quantitative estimate of drug-likeness (QED) is 0.369. The molecule has 0 fully saturated rings. The SMILES string of the molecule is Cn1c(-c2ccccc2)[n+](C)c2c1=C1N=C(c3ccccc3)SC1(C)C1(C)SC(c3ccccc3)=NC=21. The molecule has 0 bridgehead atoms. The van der Waals surface area contributed by atoms with E-state index < -0.39 is 0 Å². The van der Waals surface area contributed by atoms with E-state index in [1.807, 2.05) is 23.5 Å². The number of thioether (sulfide) groups is 2. The van der Waals surface area contributed by atoms with Crippen molar-refractivity contribution >= 4 is 45.0 Å². The molecule has 0 amide bonds. The van der Waals surface area contributed by atoms with Crippen LogP contribution in [0.3, 0.4) is 0 Å². The minimum absolute atomic E-state index is 0.293. The third kappa shape index (κ3) is 3.09. The van der Waals surface area contributed by atoms with Crippen LogP contribution in [0.2, 0.25) is 0 Å². The third-order valence-corrected chi connectivity index (χ3v) is 11.1. The van der Waals surface area contributed by atoms with E-state index in [1.54, 1.807) is 0 Å². The standard InChI is InChI=1S/C31H27N4S2/c1-30-25(32-27(36-30)20-14-8-5-9-15-20)23-24(35(4)29(34(23)3)22-18-12-7-13-19-22)26-31(30,2)37-28(33-26)21-16-10-6-11-17-21/h5-19H,1-4H3/q+1. The number of fused-ring (bicyclic) bond motifs is 4. The van der Waals surface area contributed by atoms with Crippen molar-refractivity contribution in [1.82, 2.24) is 4.57 Å². The van der Waals surface area contributed by atoms with Crippen LogP contribution in [0.4, 0.5) is 0 Å². The van der Waals surface area contributed by atoms with Crippen molar-refractivity contribution in [1.29, 1.82) is 0 Å². The van der Waals surface area contributed by atoms with Crippen molar-refractivity contribution in [2.45, 2.75) is 23.3 Å². The number of nitrogens with zero attached hydrogens (tertiary/aromatic N) is 4. The number of rotatable bonds is 3. The molecule has 2 unspecified atom stereocenters. The largest absolute Gasteiger partial charge is 0.289 e. The second-order valence-electron chi connectivity index (χ2n) is 10.0. The first-order valence-corrected chi connectivity index (χ1v) is 14.1. The van der Waals surface area contributed by atoms with Crippen LogP contribution in [0.5, 0.6) is 0 Å². The summed E-state index contributed by atoms with van der Waals surface area (Å²) in [7, 11) is 4.34. The first-order valence-electron chi connectivity index (χ1n) is 12.5. The molecule has 6 heteroatoms. The first-order chi connectivity index (χ1) is 17.9. The summed E-state index contributed by atoms with van der Waals surface area (Å²) in [5.74, 6) is 1.15. The first kappa shape index (κ1) is 22.8. The van der Waals surface area contributed by atoms with Gasteiger partial charge < -0.3 is 0 Å². The zero-order valence-electron chi connectivity index (χ0n) is 21.3. The Bertz CT molecular complexity index is 1640. The number of benzene rings is 3. The lowest BCUT2D eigenvalue weighted by molar-refractivity contribution is -0.673. The van der Waals surface area contributed by atoms with Gasteiger partial charge in [0.25, 0.3) is 5.82 Å². The van der Waals surface area contributed by atoms with Gasteiger partial charge in [-0.3, -0.25) is 0 Å². The number of imidazole rings is 1. The van der Waals surface area contributed by atoms with Crippen molar-refractivity contribution in [3.8, 4) is 11.4 Å². The summed E-state index contributed by atoms with van der Waals surface area (Å²) in [6, 6.07) is 31.8. The summed E-state index contributed by atoms with van der Waals surface area (Å²) >= 11 is 3.76. The predicted molar refractivity (Wildman–Crippen MR) is 156 cm³/mol. The van der Waals surface area contributed by atoms with Crippen LogP contribution in [0.25, 0.3) is 22.8 Å². The maximum absolute atomic E-state index is 5.39. The Hall–Kier alpha value is -3.35. The van der Waals surface area contributed by atoms with Gasteiger partial charge >= 0.3 is 0 Å². The van der Waals surface area contributed by atoms with Gasteiger partial charge in [0, 0.05) is 11.1 Å². The lowest BCUT2D eigenvalue weighted by atomic mass is 9.84. The number of hydrogen-bond acceptors (Lipinski definition) is 4. The fourth-order valence-electron chi connectivity index (χ4n) is 5.83. The minimum atomic E-state index is -0.293. The summed E-state index contributed by atoms with van der Waals surface area (Å²) in [4.78, 5) is 10.8. The highest BCUT2D eigenvalue weighted by Crippen LogP contribution is 2.61. The van der Waals surface area contributed by atoms with E-state index in [9.17, 15) is 0 Å². The molecule has 182 valence electrons. The zero-order chi connectivity index (χ0) is 25.4. The molecule has 0 N–H and O–H groups in total. The van der Waals surface area contributed by atoms with Crippen molar-refractivity contribution in [2.24, 2.45) is 24.1 Å². The lowest BCUT2D eigenvalue weighted by Crippen LogP contribution is -2.61. The van der Waals surface area contributed by atoms with E-state index in [4.69, 9.17) is 9.98 Å². The maximum Gasteiger partial charge on any atom is 0.289 e. The highest BCUT2D eigenvalue weighted by atomic mass is 32.2. The number of aromatic nitrogens is 2. The molecule has 2 aliphatic heterocycles. The average Bonchev–Trinajstić information content (AvgIpc) is 3.56. The molecular weight excluding hydrogens is 493 g/mol. The maximum atomic E-state index is 5.39. The Labute approximate surface area is 225 Å². The molecule has 3 heterocycles. The third-order valence-electron chi connectivity index (χ3n) is 7.90. The fourth-order valence-corrected chi connectivity index (χ4v) is 8.70. The summed E-state index contributed by atoms with van der Waals surface area (Å²) in [6.07, 6.45) is 0. The van der Waals surface area contributed by atoms with Gasteiger partial charge in [-0.05, 0) is 26.0 Å². The molecule has 0 radical (unpaired) electrons. The van der Waals surface area contributed by atoms with Crippen LogP contribution in [-0.2, 0) is 14.1 Å². The summed E-state index contributed by atoms with van der Waals surface area (Å²) in [5, 5.41) is 4.47. The van der Waals surface area contributed by atoms with Gasteiger partial charge in [0.2, 0.25) is 0 Å². The van der Waals surface area contributed by atoms with Crippen LogP contribution in [0, 0.1) is 0 Å². The lowest BCUT2D eigenvalue weighted by Gasteiger charge is -2.40. The van der Waals surface area contributed by atoms with E-state index in [2.05, 4.69) is 128 Å². The molecule has 3 aliphatic rings. The smallest absolute Gasteiger partial charge is 0.240 e. The molecule has 0 saturated heterocycles. The van der Waals surface area contributed by atoms with Gasteiger partial charge in [0.05, 0.1) is 29.2 Å². The molecule has 0 saturated carbocycles. The Morgan fingerprint density at radius 2 is 1.08 bits per heavy atom. The van der Waals surface area contributed by atoms with E-state index in [0.717, 1.165) is 49.1 Å². The highest BCUT2D eigenvalue weighted by Gasteiger charge is 2.62. The molecular formula is C31H27N4S2+. The highest BCUT2D eigenvalue weighted by molar-refractivity contribution is 8.20. The second-order valence-corrected chi connectivity index (χ2v) is 12.9. The van der Waals surface area contributed by atoms with Gasteiger partial charge in [-0.1, -0.05) is 102 Å². The minimum Gasteiger partial charge on any atom is -0.240 e. The van der Waals surface area contributed by atoms with Crippen molar-refractivity contribution in [3.05, 3.63) is 113 Å². The van der Waals surface area contributed by atoms with E-state index in [0.29, 0.717) is 0 Å². The Balaban J connectivity index is 1.60. The summed E-state index contributed by atoms with van der Waals surface area (Å²) in [5.41, 5.74) is 5.78. The Morgan fingerprint density at radius 1 is 0.649 bits per heavy atom. The average molecular weight is 520 g/mol. The van der Waals surface area contributed by atoms with Gasteiger partial charge in [-0.15, -0.1) is 0 Å². The fraction of sp³-hybridized carbons (Fsp3) is 0.194. The van der Waals surface area contributed by atoms with Crippen LogP contribution in [-0.4, -0.2) is 24.1 Å². The zero-order valence-corrected chi connectivity index (χ0v) is 22.9. The summed E-state index contributed by atoms with van der Waals surface area (Å²) < 4.78 is 4.06. The second kappa shape index (κ2) is 8.07. The van der Waals surface area contributed by atoms with Crippen molar-refractivity contribution < 1.29 is 4.57 Å². The van der Waals surface area contributed by atoms with Gasteiger partial charge in [-0.25, -0.2) is 19.1 Å². The molecule has 3 aromatic carbocycles. The molecule has 4 nitrogen and oxygen atoms in total. The van der Waals surface area contributed by atoms with Crippen LogP contribution in [0.15, 0.2) is 101 Å². The molecule has 1 aromatic heterocycles. The van der Waals surface area contributed by atoms with Crippen molar-refractivity contribution in [2.75, 3.05) is 0 Å². The summed E-state index contributed by atoms with van der Waals surface area (Å²) in [6.45, 7) is 4.72. The van der Waals surface area contributed by atoms with Crippen LogP contribution >= 0.6 is 23.5 Å². The van der Waals surface area contributed by atoms with Crippen molar-refractivity contribution in [3.63, 3.8) is 0 Å². The van der Waals surface area contributed by atoms with E-state index in [1.165, 1.54) is 5.56 Å². The van der Waals surface area contributed by atoms with E-state index >= 15 is 0 Å². The van der Waals surface area contributed by atoms with Crippen LogP contribution < -0.4 is 15.3 Å². The Kier molecular flexibility index (Phi) is 4.98. The van der Waals surface area contributed by atoms with Gasteiger partial charge in [0.15, 0.2) is 10.7 Å². The van der Waals surface area contributed by atoms with E-state index in [-0.39, 0.29) is 9.49 Å². The Morgan fingerprint density at radius 3 is 1.59 bits per heavy atom. The molecule has 2 atom stereocenters. The monoisotopic (exact) mass is 519 g/mol. The predicted octanol–water partition coefficient (Wildman–Crippen LogP) is 4.65. The number of hydrogen-bond donors (Lipinski definition) is 0. The topological polar surface area (TPSA) is 33.5 Å². The molecule has 37 heavy (non-hydrogen) atoms. The molecule has 4 aromatic rings.